The van der Waals surface area contributed by atoms with Crippen LogP contribution < -0.4 is 14.8 Å². The second-order valence-electron chi connectivity index (χ2n) is 8.87. The Kier molecular flexibility index (Phi) is 8.10. The fourth-order valence-corrected chi connectivity index (χ4v) is 3.88. The van der Waals surface area contributed by atoms with Gasteiger partial charge in [-0.2, -0.15) is 0 Å². The average molecular weight is 464 g/mol. The van der Waals surface area contributed by atoms with Crippen LogP contribution in [0.5, 0.6) is 11.5 Å². The van der Waals surface area contributed by atoms with Crippen LogP contribution in [0.1, 0.15) is 73.5 Å². The van der Waals surface area contributed by atoms with Crippen LogP contribution in [0.25, 0.3) is 0 Å². The van der Waals surface area contributed by atoms with E-state index in [0.29, 0.717) is 28.7 Å². The number of methoxy groups -OCH3 is 2. The van der Waals surface area contributed by atoms with Crippen molar-refractivity contribution in [2.75, 3.05) is 19.5 Å². The molecule has 0 saturated heterocycles. The van der Waals surface area contributed by atoms with E-state index in [1.807, 2.05) is 12.1 Å². The molecule has 1 unspecified atom stereocenters. The number of nitrogens with zero attached hydrogens (tertiary/aromatic N) is 2. The molecule has 0 saturated carbocycles. The van der Waals surface area contributed by atoms with Gasteiger partial charge >= 0.3 is 0 Å². The molecule has 0 bridgehead atoms. The van der Waals surface area contributed by atoms with E-state index in [-0.39, 0.29) is 24.0 Å². The SMILES string of the molecule is COc1ccc(NC(=O)C(CC(=O)c2ccc(C(C)C)cc2C(C)C)n2ccnc2)cc1OC. The lowest BCUT2D eigenvalue weighted by Gasteiger charge is -2.20. The van der Waals surface area contributed by atoms with Crippen LogP contribution >= 0.6 is 0 Å². The molecule has 3 aromatic rings. The molecule has 0 aliphatic carbocycles. The summed E-state index contributed by atoms with van der Waals surface area (Å²) in [5.74, 6) is 1.22. The molecule has 0 fully saturated rings. The van der Waals surface area contributed by atoms with Gasteiger partial charge in [0.15, 0.2) is 17.3 Å². The molecule has 1 heterocycles. The molecule has 7 heteroatoms. The van der Waals surface area contributed by atoms with Crippen molar-refractivity contribution in [1.82, 2.24) is 9.55 Å². The number of nitrogens with one attached hydrogen (secondary N) is 1. The standard InChI is InChI=1S/C27H33N3O4/c1-17(2)19-7-9-21(22(13-19)18(3)4)24(31)15-23(30-12-11-28-16-30)27(32)29-20-8-10-25(33-5)26(14-20)34-6/h7-14,16-18,23H,15H2,1-6H3,(H,29,32). The molecule has 0 aliphatic rings. The van der Waals surface area contributed by atoms with Gasteiger partial charge in [-0.3, -0.25) is 9.59 Å². The summed E-state index contributed by atoms with van der Waals surface area (Å²) in [4.78, 5) is 30.8. The van der Waals surface area contributed by atoms with Crippen molar-refractivity contribution in [3.63, 3.8) is 0 Å². The zero-order valence-electron chi connectivity index (χ0n) is 20.7. The second kappa shape index (κ2) is 11.0. The summed E-state index contributed by atoms with van der Waals surface area (Å²) in [6.45, 7) is 8.42. The quantitative estimate of drug-likeness (QED) is 0.396. The Morgan fingerprint density at radius 1 is 0.971 bits per heavy atom. The lowest BCUT2D eigenvalue weighted by molar-refractivity contribution is -0.119. The van der Waals surface area contributed by atoms with Crippen molar-refractivity contribution in [1.29, 1.82) is 0 Å². The Labute approximate surface area is 201 Å². The van der Waals surface area contributed by atoms with E-state index in [4.69, 9.17) is 9.47 Å². The molecule has 7 nitrogen and oxygen atoms in total. The van der Waals surface area contributed by atoms with Gasteiger partial charge in [0.2, 0.25) is 5.91 Å². The highest BCUT2D eigenvalue weighted by atomic mass is 16.5. The topological polar surface area (TPSA) is 82.5 Å². The summed E-state index contributed by atoms with van der Waals surface area (Å²) < 4.78 is 12.3. The Bertz CT molecular complexity index is 1140. The number of hydrogen-bond donors (Lipinski definition) is 1. The summed E-state index contributed by atoms with van der Waals surface area (Å²) in [6.07, 6.45) is 4.85. The molecule has 1 atom stereocenters. The minimum absolute atomic E-state index is 0.0101. The van der Waals surface area contributed by atoms with Gasteiger partial charge in [-0.15, -0.1) is 0 Å². The highest BCUT2D eigenvalue weighted by Gasteiger charge is 2.26. The van der Waals surface area contributed by atoms with E-state index < -0.39 is 6.04 Å². The predicted octanol–water partition coefficient (Wildman–Crippen LogP) is 5.60. The highest BCUT2D eigenvalue weighted by molar-refractivity contribution is 6.03. The minimum Gasteiger partial charge on any atom is -0.493 e. The summed E-state index contributed by atoms with van der Waals surface area (Å²) in [6, 6.07) is 10.4. The fourth-order valence-electron chi connectivity index (χ4n) is 3.88. The van der Waals surface area contributed by atoms with Crippen LogP contribution in [0.15, 0.2) is 55.1 Å². The van der Waals surface area contributed by atoms with Crippen LogP contribution in [0.2, 0.25) is 0 Å². The number of benzene rings is 2. The monoisotopic (exact) mass is 463 g/mol. The maximum atomic E-state index is 13.4. The van der Waals surface area contributed by atoms with E-state index in [1.165, 1.54) is 12.7 Å². The third kappa shape index (κ3) is 5.65. The fraction of sp³-hybridized carbons (Fsp3) is 0.370. The summed E-state index contributed by atoms with van der Waals surface area (Å²) in [5, 5.41) is 2.90. The van der Waals surface area contributed by atoms with E-state index in [9.17, 15) is 9.59 Å². The molecular formula is C27H33N3O4. The molecule has 34 heavy (non-hydrogen) atoms. The second-order valence-corrected chi connectivity index (χ2v) is 8.87. The molecule has 180 valence electrons. The first-order chi connectivity index (χ1) is 16.2. The summed E-state index contributed by atoms with van der Waals surface area (Å²) in [5.41, 5.74) is 3.39. The molecule has 0 aliphatic heterocycles. The zero-order valence-corrected chi connectivity index (χ0v) is 20.7. The van der Waals surface area contributed by atoms with Gasteiger partial charge in [-0.1, -0.05) is 45.9 Å². The van der Waals surface area contributed by atoms with Crippen molar-refractivity contribution >= 4 is 17.4 Å². The first kappa shape index (κ1) is 25.0. The van der Waals surface area contributed by atoms with Gasteiger partial charge in [0.25, 0.3) is 0 Å². The number of aromatic nitrogens is 2. The molecule has 0 radical (unpaired) electrons. The Morgan fingerprint density at radius 2 is 1.71 bits per heavy atom. The number of ketones is 1. The molecule has 1 N–H and O–H groups in total. The maximum absolute atomic E-state index is 13.4. The number of anilines is 1. The third-order valence-electron chi connectivity index (χ3n) is 5.88. The number of ether oxygens (including phenoxy) is 2. The van der Waals surface area contributed by atoms with E-state index in [0.717, 1.165) is 5.56 Å². The van der Waals surface area contributed by atoms with Crippen molar-refractivity contribution in [2.24, 2.45) is 0 Å². The average Bonchev–Trinajstić information content (AvgIpc) is 3.36. The van der Waals surface area contributed by atoms with Crippen LogP contribution in [0.3, 0.4) is 0 Å². The summed E-state index contributed by atoms with van der Waals surface area (Å²) in [7, 11) is 3.09. The van der Waals surface area contributed by atoms with Gasteiger partial charge in [0.1, 0.15) is 6.04 Å². The van der Waals surface area contributed by atoms with E-state index in [2.05, 4.69) is 44.1 Å². The largest absolute Gasteiger partial charge is 0.493 e. The number of Topliss-reactive ketones (excluding diaryl/α,β-unsaturated/α-hetero) is 1. The number of imidazole rings is 1. The smallest absolute Gasteiger partial charge is 0.247 e. The van der Waals surface area contributed by atoms with Crippen LogP contribution in [0.4, 0.5) is 5.69 Å². The molecule has 0 spiro atoms. The lowest BCUT2D eigenvalue weighted by atomic mass is 9.88. The van der Waals surface area contributed by atoms with Crippen LogP contribution in [0, 0.1) is 0 Å². The predicted molar refractivity (Wildman–Crippen MR) is 133 cm³/mol. The highest BCUT2D eigenvalue weighted by Crippen LogP contribution is 2.31. The normalized spacial score (nSPS) is 12.0. The first-order valence-electron chi connectivity index (χ1n) is 11.4. The van der Waals surface area contributed by atoms with Crippen molar-refractivity contribution in [2.45, 2.75) is 52.0 Å². The van der Waals surface area contributed by atoms with Gasteiger partial charge in [0, 0.05) is 36.1 Å². The van der Waals surface area contributed by atoms with Gasteiger partial charge in [-0.25, -0.2) is 4.98 Å². The first-order valence-corrected chi connectivity index (χ1v) is 11.4. The number of rotatable bonds is 10. The third-order valence-corrected chi connectivity index (χ3v) is 5.88. The molecular weight excluding hydrogens is 430 g/mol. The number of amides is 1. The summed E-state index contributed by atoms with van der Waals surface area (Å²) >= 11 is 0. The van der Waals surface area contributed by atoms with Gasteiger partial charge in [0.05, 0.1) is 20.5 Å². The Morgan fingerprint density at radius 3 is 2.29 bits per heavy atom. The molecule has 1 aromatic heterocycles. The van der Waals surface area contributed by atoms with Crippen LogP contribution in [-0.2, 0) is 4.79 Å². The Hall–Kier alpha value is -3.61. The van der Waals surface area contributed by atoms with Crippen LogP contribution in [-0.4, -0.2) is 35.5 Å². The number of hydrogen-bond acceptors (Lipinski definition) is 5. The van der Waals surface area contributed by atoms with E-state index in [1.54, 1.807) is 48.6 Å². The number of carbonyl (C=O) groups excluding carboxylic acids is 2. The van der Waals surface area contributed by atoms with Crippen molar-refractivity contribution in [3.05, 3.63) is 71.8 Å². The van der Waals surface area contributed by atoms with Crippen molar-refractivity contribution in [3.8, 4) is 11.5 Å². The minimum atomic E-state index is -0.757. The van der Waals surface area contributed by atoms with Gasteiger partial charge < -0.3 is 19.4 Å². The zero-order chi connectivity index (χ0) is 24.8. The lowest BCUT2D eigenvalue weighted by Crippen LogP contribution is -2.28. The molecule has 2 aromatic carbocycles. The molecule has 3 rings (SSSR count). The maximum Gasteiger partial charge on any atom is 0.247 e. The van der Waals surface area contributed by atoms with E-state index >= 15 is 0 Å². The van der Waals surface area contributed by atoms with Gasteiger partial charge in [-0.05, 0) is 35.1 Å². The molecule has 1 amide bonds. The Balaban J connectivity index is 1.88. The number of carbonyl (C=O) groups is 2. The van der Waals surface area contributed by atoms with Crippen molar-refractivity contribution < 1.29 is 19.1 Å².